The van der Waals surface area contributed by atoms with Crippen LogP contribution in [0.3, 0.4) is 0 Å². The number of hydrogen-bond acceptors (Lipinski definition) is 5. The molecule has 2 heterocycles. The lowest BCUT2D eigenvalue weighted by atomic mass is 10.0. The van der Waals surface area contributed by atoms with Gasteiger partial charge in [0.15, 0.2) is 11.6 Å². The van der Waals surface area contributed by atoms with E-state index in [0.29, 0.717) is 16.8 Å². The van der Waals surface area contributed by atoms with Crippen LogP contribution in [0.15, 0.2) is 30.3 Å². The number of carbonyl (C=O) groups excluding carboxylic acids is 3. The molecular formula is C21H19F2N3O4. The summed E-state index contributed by atoms with van der Waals surface area (Å²) >= 11 is 0. The van der Waals surface area contributed by atoms with Crippen LogP contribution in [0.4, 0.5) is 14.5 Å². The molecule has 30 heavy (non-hydrogen) atoms. The van der Waals surface area contributed by atoms with Crippen molar-refractivity contribution >= 4 is 23.4 Å². The molecule has 0 bridgehead atoms. The molecule has 7 nitrogen and oxygen atoms in total. The van der Waals surface area contributed by atoms with Crippen molar-refractivity contribution in [2.24, 2.45) is 0 Å². The predicted octanol–water partition coefficient (Wildman–Crippen LogP) is 2.35. The second kappa shape index (κ2) is 7.74. The van der Waals surface area contributed by atoms with Crippen molar-refractivity contribution in [3.63, 3.8) is 0 Å². The first-order chi connectivity index (χ1) is 14.4. The summed E-state index contributed by atoms with van der Waals surface area (Å²) in [6, 6.07) is 6.28. The summed E-state index contributed by atoms with van der Waals surface area (Å²) in [4.78, 5) is 37.7. The normalized spacial score (nSPS) is 18.3. The van der Waals surface area contributed by atoms with Crippen LogP contribution in [0.1, 0.15) is 34.3 Å². The Labute approximate surface area is 171 Å². The second-order valence-electron chi connectivity index (χ2n) is 7.17. The number of fused-ring (bicyclic) bond motifs is 1. The lowest BCUT2D eigenvalue weighted by Crippen LogP contribution is -2.52. The number of benzene rings is 2. The minimum absolute atomic E-state index is 0.0472. The highest BCUT2D eigenvalue weighted by molar-refractivity contribution is 6.06. The molecule has 2 aromatic carbocycles. The molecule has 1 fully saturated rings. The standard InChI is InChI=1S/C21H19F2N3O4/c1-30-17-4-2-3-11(19(17)23)9-24-15-8-12(22)7-13-14(15)10-26(21(13)29)16-5-6-18(27)25-20(16)28/h2-4,7-8,16,24H,5-6,9-10H2,1H3,(H,25,27,28). The van der Waals surface area contributed by atoms with Gasteiger partial charge < -0.3 is 15.0 Å². The average Bonchev–Trinajstić information content (AvgIpc) is 3.03. The SMILES string of the molecule is COc1cccc(CNc2cc(F)cc3c2CN(C2CCC(=O)NC2=O)C3=O)c1F. The zero-order chi connectivity index (χ0) is 21.4. The van der Waals surface area contributed by atoms with Crippen LogP contribution in [0.5, 0.6) is 5.75 Å². The zero-order valence-corrected chi connectivity index (χ0v) is 16.1. The predicted molar refractivity (Wildman–Crippen MR) is 103 cm³/mol. The Balaban J connectivity index is 1.59. The molecule has 4 rings (SSSR count). The van der Waals surface area contributed by atoms with Gasteiger partial charge in [0, 0.05) is 41.9 Å². The monoisotopic (exact) mass is 415 g/mol. The Hall–Kier alpha value is -3.49. The Kier molecular flexibility index (Phi) is 5.11. The third-order valence-corrected chi connectivity index (χ3v) is 5.35. The Morgan fingerprint density at radius 1 is 1.23 bits per heavy atom. The Morgan fingerprint density at radius 2 is 2.03 bits per heavy atom. The van der Waals surface area contributed by atoms with Crippen LogP contribution >= 0.6 is 0 Å². The third-order valence-electron chi connectivity index (χ3n) is 5.35. The highest BCUT2D eigenvalue weighted by Crippen LogP contribution is 2.34. The second-order valence-corrected chi connectivity index (χ2v) is 7.17. The van der Waals surface area contributed by atoms with E-state index in [4.69, 9.17) is 4.74 Å². The number of carbonyl (C=O) groups is 3. The molecule has 1 saturated heterocycles. The van der Waals surface area contributed by atoms with Crippen molar-refractivity contribution in [2.45, 2.75) is 32.0 Å². The summed E-state index contributed by atoms with van der Waals surface area (Å²) in [5.74, 6) is -2.45. The van der Waals surface area contributed by atoms with E-state index in [1.54, 1.807) is 12.1 Å². The van der Waals surface area contributed by atoms with E-state index >= 15 is 0 Å². The summed E-state index contributed by atoms with van der Waals surface area (Å²) < 4.78 is 33.6. The van der Waals surface area contributed by atoms with Crippen molar-refractivity contribution in [1.29, 1.82) is 0 Å². The van der Waals surface area contributed by atoms with Crippen LogP contribution in [0, 0.1) is 11.6 Å². The van der Waals surface area contributed by atoms with E-state index in [-0.39, 0.29) is 43.2 Å². The third kappa shape index (κ3) is 3.47. The van der Waals surface area contributed by atoms with Crippen molar-refractivity contribution in [1.82, 2.24) is 10.2 Å². The van der Waals surface area contributed by atoms with Gasteiger partial charge in [0.25, 0.3) is 5.91 Å². The smallest absolute Gasteiger partial charge is 0.255 e. The maximum atomic E-state index is 14.4. The molecule has 9 heteroatoms. The van der Waals surface area contributed by atoms with Gasteiger partial charge in [-0.1, -0.05) is 12.1 Å². The topological polar surface area (TPSA) is 87.7 Å². The number of halogens is 2. The lowest BCUT2D eigenvalue weighted by molar-refractivity contribution is -0.136. The number of nitrogens with one attached hydrogen (secondary N) is 2. The number of anilines is 1. The van der Waals surface area contributed by atoms with Gasteiger partial charge >= 0.3 is 0 Å². The first-order valence-corrected chi connectivity index (χ1v) is 9.41. The molecule has 2 aromatic rings. The van der Waals surface area contributed by atoms with Gasteiger partial charge in [-0.2, -0.15) is 0 Å². The van der Waals surface area contributed by atoms with Gasteiger partial charge in [-0.05, 0) is 24.6 Å². The van der Waals surface area contributed by atoms with Crippen LogP contribution in [-0.4, -0.2) is 35.8 Å². The van der Waals surface area contributed by atoms with Crippen LogP contribution < -0.4 is 15.4 Å². The fourth-order valence-electron chi connectivity index (χ4n) is 3.82. The molecule has 0 saturated carbocycles. The number of piperidine rings is 1. The van der Waals surface area contributed by atoms with E-state index in [1.165, 1.54) is 24.1 Å². The lowest BCUT2D eigenvalue weighted by Gasteiger charge is -2.29. The van der Waals surface area contributed by atoms with Gasteiger partial charge in [-0.25, -0.2) is 8.78 Å². The molecule has 2 N–H and O–H groups in total. The summed E-state index contributed by atoms with van der Waals surface area (Å²) in [5, 5.41) is 5.22. The molecule has 1 unspecified atom stereocenters. The molecule has 2 aliphatic heterocycles. The number of nitrogens with zero attached hydrogens (tertiary/aromatic N) is 1. The fraction of sp³-hybridized carbons (Fsp3) is 0.286. The minimum atomic E-state index is -0.797. The molecule has 0 aromatic heterocycles. The number of imide groups is 1. The van der Waals surface area contributed by atoms with Crippen LogP contribution in [0.25, 0.3) is 0 Å². The summed E-state index contributed by atoms with van der Waals surface area (Å²) in [6.07, 6.45) is 0.343. The highest BCUT2D eigenvalue weighted by atomic mass is 19.1. The Bertz CT molecular complexity index is 1060. The molecular weight excluding hydrogens is 396 g/mol. The van der Waals surface area contributed by atoms with E-state index in [1.807, 2.05) is 0 Å². The number of ether oxygens (including phenoxy) is 1. The van der Waals surface area contributed by atoms with E-state index in [0.717, 1.165) is 6.07 Å². The molecule has 156 valence electrons. The molecule has 0 aliphatic carbocycles. The quantitative estimate of drug-likeness (QED) is 0.732. The maximum Gasteiger partial charge on any atom is 0.255 e. The first-order valence-electron chi connectivity index (χ1n) is 9.41. The average molecular weight is 415 g/mol. The van der Waals surface area contributed by atoms with E-state index in [2.05, 4.69) is 10.6 Å². The maximum absolute atomic E-state index is 14.4. The van der Waals surface area contributed by atoms with E-state index in [9.17, 15) is 23.2 Å². The van der Waals surface area contributed by atoms with Crippen molar-refractivity contribution < 1.29 is 27.9 Å². The minimum Gasteiger partial charge on any atom is -0.494 e. The number of rotatable bonds is 5. The molecule has 0 spiro atoms. The molecule has 3 amide bonds. The number of hydrogen-bond donors (Lipinski definition) is 2. The zero-order valence-electron chi connectivity index (χ0n) is 16.1. The largest absolute Gasteiger partial charge is 0.494 e. The summed E-state index contributed by atoms with van der Waals surface area (Å²) in [5.41, 5.74) is 1.33. The first kappa shape index (κ1) is 19.8. The van der Waals surface area contributed by atoms with Crippen molar-refractivity contribution in [2.75, 3.05) is 12.4 Å². The van der Waals surface area contributed by atoms with Gasteiger partial charge in [-0.3, -0.25) is 19.7 Å². The summed E-state index contributed by atoms with van der Waals surface area (Å²) in [6.45, 7) is 0.134. The van der Waals surface area contributed by atoms with Gasteiger partial charge in [0.05, 0.1) is 7.11 Å². The Morgan fingerprint density at radius 3 is 2.77 bits per heavy atom. The van der Waals surface area contributed by atoms with Gasteiger partial charge in [0.2, 0.25) is 11.8 Å². The van der Waals surface area contributed by atoms with Gasteiger partial charge in [0.1, 0.15) is 11.9 Å². The van der Waals surface area contributed by atoms with Crippen LogP contribution in [-0.2, 0) is 22.7 Å². The fourth-order valence-corrected chi connectivity index (χ4v) is 3.82. The van der Waals surface area contributed by atoms with Gasteiger partial charge in [-0.15, -0.1) is 0 Å². The molecule has 1 atom stereocenters. The molecule has 2 aliphatic rings. The summed E-state index contributed by atoms with van der Waals surface area (Å²) in [7, 11) is 1.37. The van der Waals surface area contributed by atoms with Crippen molar-refractivity contribution in [3.8, 4) is 5.75 Å². The van der Waals surface area contributed by atoms with Crippen molar-refractivity contribution in [3.05, 3.63) is 58.7 Å². The van der Waals surface area contributed by atoms with Crippen LogP contribution in [0.2, 0.25) is 0 Å². The van der Waals surface area contributed by atoms with E-state index < -0.39 is 29.5 Å². The molecule has 0 radical (unpaired) electrons. The number of amides is 3. The number of methoxy groups -OCH3 is 1. The highest BCUT2D eigenvalue weighted by Gasteiger charge is 2.40.